The summed E-state index contributed by atoms with van der Waals surface area (Å²) in [6.45, 7) is 4.22. The zero-order chi connectivity index (χ0) is 17.8. The van der Waals surface area contributed by atoms with Crippen LogP contribution in [0, 0.1) is 13.8 Å². The molecule has 5 nitrogen and oxygen atoms in total. The van der Waals surface area contributed by atoms with Crippen LogP contribution >= 0.6 is 0 Å². The fourth-order valence-corrected chi connectivity index (χ4v) is 2.87. The van der Waals surface area contributed by atoms with Crippen LogP contribution in [0.2, 0.25) is 0 Å². The van der Waals surface area contributed by atoms with E-state index in [-0.39, 0.29) is 12.5 Å². The SMILES string of the molecule is Cc1ccccc1NCC(=O)N/N=C\c1c(C)n(C)c2ccccc12. The summed E-state index contributed by atoms with van der Waals surface area (Å²) < 4.78 is 2.12. The molecule has 0 atom stereocenters. The number of carbonyl (C=O) groups is 1. The third-order valence-electron chi connectivity index (χ3n) is 4.42. The molecule has 0 aliphatic carbocycles. The highest BCUT2D eigenvalue weighted by molar-refractivity contribution is 6.01. The minimum Gasteiger partial charge on any atom is -0.376 e. The Hall–Kier alpha value is -3.08. The largest absolute Gasteiger partial charge is 0.376 e. The first-order valence-corrected chi connectivity index (χ1v) is 8.23. The highest BCUT2D eigenvalue weighted by atomic mass is 16.2. The maximum atomic E-state index is 12.0. The lowest BCUT2D eigenvalue weighted by Gasteiger charge is -2.07. The third kappa shape index (κ3) is 3.55. The van der Waals surface area contributed by atoms with E-state index >= 15 is 0 Å². The van der Waals surface area contributed by atoms with Crippen molar-refractivity contribution in [3.05, 3.63) is 65.4 Å². The molecule has 1 amide bonds. The molecule has 0 bridgehead atoms. The van der Waals surface area contributed by atoms with Gasteiger partial charge in [-0.1, -0.05) is 36.4 Å². The van der Waals surface area contributed by atoms with Crippen LogP contribution in [-0.2, 0) is 11.8 Å². The van der Waals surface area contributed by atoms with Gasteiger partial charge in [0.1, 0.15) is 0 Å². The molecule has 128 valence electrons. The molecule has 0 aliphatic rings. The van der Waals surface area contributed by atoms with Crippen LogP contribution in [0.1, 0.15) is 16.8 Å². The lowest BCUT2D eigenvalue weighted by molar-refractivity contribution is -0.119. The number of amides is 1. The van der Waals surface area contributed by atoms with E-state index in [9.17, 15) is 4.79 Å². The molecule has 0 aliphatic heterocycles. The van der Waals surface area contributed by atoms with Gasteiger partial charge in [-0.2, -0.15) is 5.10 Å². The van der Waals surface area contributed by atoms with Crippen molar-refractivity contribution in [1.82, 2.24) is 9.99 Å². The quantitative estimate of drug-likeness (QED) is 0.555. The molecule has 2 aromatic carbocycles. The minimum absolute atomic E-state index is 0.177. The smallest absolute Gasteiger partial charge is 0.259 e. The van der Waals surface area contributed by atoms with E-state index in [2.05, 4.69) is 32.5 Å². The number of hydrogen-bond acceptors (Lipinski definition) is 3. The van der Waals surface area contributed by atoms with Gasteiger partial charge in [-0.3, -0.25) is 4.79 Å². The Bertz CT molecular complexity index is 940. The van der Waals surface area contributed by atoms with Crippen molar-refractivity contribution in [3.63, 3.8) is 0 Å². The molecule has 2 N–H and O–H groups in total. The van der Waals surface area contributed by atoms with Gasteiger partial charge < -0.3 is 9.88 Å². The Morgan fingerprint density at radius 1 is 1.12 bits per heavy atom. The first kappa shape index (κ1) is 16.8. The molecule has 3 rings (SSSR count). The molecule has 25 heavy (non-hydrogen) atoms. The van der Waals surface area contributed by atoms with Gasteiger partial charge >= 0.3 is 0 Å². The Morgan fingerprint density at radius 3 is 2.64 bits per heavy atom. The summed E-state index contributed by atoms with van der Waals surface area (Å²) in [6, 6.07) is 16.0. The number of nitrogens with one attached hydrogen (secondary N) is 2. The topological polar surface area (TPSA) is 58.4 Å². The summed E-state index contributed by atoms with van der Waals surface area (Å²) in [5.74, 6) is -0.183. The number of para-hydroxylation sites is 2. The molecule has 5 heteroatoms. The number of anilines is 1. The molecular formula is C20H22N4O. The van der Waals surface area contributed by atoms with Crippen LogP contribution in [0.5, 0.6) is 0 Å². The minimum atomic E-state index is -0.183. The van der Waals surface area contributed by atoms with Crippen LogP contribution in [0.15, 0.2) is 53.6 Å². The maximum absolute atomic E-state index is 12.0. The number of carbonyl (C=O) groups excluding carboxylic acids is 1. The van der Waals surface area contributed by atoms with Crippen LogP contribution in [0.3, 0.4) is 0 Å². The Balaban J connectivity index is 1.65. The number of aromatic nitrogens is 1. The molecule has 0 unspecified atom stereocenters. The average Bonchev–Trinajstić information content (AvgIpc) is 2.86. The molecule has 0 saturated carbocycles. The lowest BCUT2D eigenvalue weighted by Crippen LogP contribution is -2.26. The fraction of sp³-hybridized carbons (Fsp3) is 0.200. The van der Waals surface area contributed by atoms with Crippen LogP contribution in [0.4, 0.5) is 5.69 Å². The monoisotopic (exact) mass is 334 g/mol. The van der Waals surface area contributed by atoms with Gasteiger partial charge in [-0.15, -0.1) is 0 Å². The van der Waals surface area contributed by atoms with E-state index in [1.54, 1.807) is 6.21 Å². The summed E-state index contributed by atoms with van der Waals surface area (Å²) in [5, 5.41) is 8.36. The van der Waals surface area contributed by atoms with E-state index in [4.69, 9.17) is 0 Å². The number of hydrogen-bond donors (Lipinski definition) is 2. The first-order chi connectivity index (χ1) is 12.1. The van der Waals surface area contributed by atoms with E-state index in [1.165, 1.54) is 0 Å². The Kier molecular flexibility index (Phi) is 4.84. The van der Waals surface area contributed by atoms with Crippen molar-refractivity contribution in [2.75, 3.05) is 11.9 Å². The van der Waals surface area contributed by atoms with E-state index in [0.717, 1.165) is 33.4 Å². The summed E-state index contributed by atoms with van der Waals surface area (Å²) >= 11 is 0. The maximum Gasteiger partial charge on any atom is 0.259 e. The summed E-state index contributed by atoms with van der Waals surface area (Å²) in [6.07, 6.45) is 1.71. The van der Waals surface area contributed by atoms with E-state index < -0.39 is 0 Å². The third-order valence-corrected chi connectivity index (χ3v) is 4.42. The second-order valence-electron chi connectivity index (χ2n) is 6.04. The van der Waals surface area contributed by atoms with Gasteiger partial charge in [0.2, 0.25) is 0 Å². The van der Waals surface area contributed by atoms with Crippen molar-refractivity contribution in [1.29, 1.82) is 0 Å². The number of hydrazone groups is 1. The fourth-order valence-electron chi connectivity index (χ4n) is 2.87. The van der Waals surface area contributed by atoms with Crippen molar-refractivity contribution in [3.8, 4) is 0 Å². The molecule has 0 spiro atoms. The predicted octanol–water partition coefficient (Wildman–Crippen LogP) is 3.36. The van der Waals surface area contributed by atoms with E-state index in [1.807, 2.05) is 57.3 Å². The van der Waals surface area contributed by atoms with Gasteiger partial charge in [-0.25, -0.2) is 5.43 Å². The van der Waals surface area contributed by atoms with Crippen LogP contribution < -0.4 is 10.7 Å². The summed E-state index contributed by atoms with van der Waals surface area (Å²) in [4.78, 5) is 12.0. The molecule has 0 saturated heterocycles. The molecule has 0 radical (unpaired) electrons. The standard InChI is InChI=1S/C20H22N4O/c1-14-8-4-6-10-18(14)21-13-20(25)23-22-12-17-15(2)24(3)19-11-7-5-9-16(17)19/h4-12,21H,13H2,1-3H3,(H,23,25)/b22-12-. The zero-order valence-corrected chi connectivity index (χ0v) is 14.7. The number of benzene rings is 2. The van der Waals surface area contributed by atoms with Crippen molar-refractivity contribution >= 4 is 28.7 Å². The molecule has 1 aromatic heterocycles. The zero-order valence-electron chi connectivity index (χ0n) is 14.7. The summed E-state index contributed by atoms with van der Waals surface area (Å²) in [7, 11) is 2.03. The lowest BCUT2D eigenvalue weighted by atomic mass is 10.1. The van der Waals surface area contributed by atoms with Crippen LogP contribution in [-0.4, -0.2) is 23.2 Å². The molecule has 3 aromatic rings. The van der Waals surface area contributed by atoms with Crippen molar-refractivity contribution in [2.45, 2.75) is 13.8 Å². The summed E-state index contributed by atoms with van der Waals surface area (Å²) in [5.41, 5.74) is 7.91. The predicted molar refractivity (Wildman–Crippen MR) is 103 cm³/mol. The number of nitrogens with zero attached hydrogens (tertiary/aromatic N) is 2. The van der Waals surface area contributed by atoms with Gasteiger partial charge in [0, 0.05) is 34.9 Å². The van der Waals surface area contributed by atoms with Gasteiger partial charge in [0.05, 0.1) is 12.8 Å². The number of aryl methyl sites for hydroxylation is 2. The van der Waals surface area contributed by atoms with Crippen LogP contribution in [0.25, 0.3) is 10.9 Å². The van der Waals surface area contributed by atoms with Crippen molar-refractivity contribution < 1.29 is 4.79 Å². The first-order valence-electron chi connectivity index (χ1n) is 8.23. The van der Waals surface area contributed by atoms with Crippen molar-refractivity contribution in [2.24, 2.45) is 12.1 Å². The van der Waals surface area contributed by atoms with E-state index in [0.29, 0.717) is 0 Å². The second-order valence-corrected chi connectivity index (χ2v) is 6.04. The molecule has 0 fully saturated rings. The Labute approximate surface area is 147 Å². The highest BCUT2D eigenvalue weighted by Crippen LogP contribution is 2.22. The van der Waals surface area contributed by atoms with Gasteiger partial charge in [0.15, 0.2) is 0 Å². The highest BCUT2D eigenvalue weighted by Gasteiger charge is 2.09. The van der Waals surface area contributed by atoms with Gasteiger partial charge in [-0.05, 0) is 31.5 Å². The molecule has 1 heterocycles. The number of fused-ring (bicyclic) bond motifs is 1. The van der Waals surface area contributed by atoms with Gasteiger partial charge in [0.25, 0.3) is 5.91 Å². The molecular weight excluding hydrogens is 312 g/mol. The Morgan fingerprint density at radius 2 is 1.84 bits per heavy atom. The normalized spacial score (nSPS) is 11.2. The average molecular weight is 334 g/mol. The number of rotatable bonds is 5. The second kappa shape index (κ2) is 7.21.